The van der Waals surface area contributed by atoms with E-state index < -0.39 is 0 Å². The summed E-state index contributed by atoms with van der Waals surface area (Å²) in [4.78, 5) is 29.2. The van der Waals surface area contributed by atoms with Gasteiger partial charge in [0.1, 0.15) is 18.3 Å². The van der Waals surface area contributed by atoms with Gasteiger partial charge in [-0.3, -0.25) is 14.0 Å². The Labute approximate surface area is 212 Å². The lowest BCUT2D eigenvalue weighted by molar-refractivity contribution is -0.115. The van der Waals surface area contributed by atoms with Crippen molar-refractivity contribution in [1.82, 2.24) is 34.3 Å². The third-order valence-electron chi connectivity index (χ3n) is 6.23. The first-order valence-corrected chi connectivity index (χ1v) is 11.9. The first-order chi connectivity index (χ1) is 18.0. The highest BCUT2D eigenvalue weighted by Gasteiger charge is 2.13. The summed E-state index contributed by atoms with van der Waals surface area (Å²) in [7, 11) is 1.86. The predicted octanol–water partition coefficient (Wildman–Crippen LogP) is 4.70. The molecule has 0 unspecified atom stereocenters. The van der Waals surface area contributed by atoms with Crippen molar-refractivity contribution in [1.29, 1.82) is 0 Å². The number of nitrogens with zero attached hydrogens (tertiary/aromatic N) is 6. The van der Waals surface area contributed by atoms with E-state index in [1.807, 2.05) is 91.5 Å². The van der Waals surface area contributed by atoms with Gasteiger partial charge in [0.25, 0.3) is 0 Å². The summed E-state index contributed by atoms with van der Waals surface area (Å²) in [6.45, 7) is 1.94. The van der Waals surface area contributed by atoms with Crippen LogP contribution in [0.3, 0.4) is 0 Å². The number of hydrogen-bond acceptors (Lipinski definition) is 5. The zero-order valence-electron chi connectivity index (χ0n) is 20.4. The molecule has 2 aromatic carbocycles. The number of hydrogen-bond donors (Lipinski definition) is 2. The Morgan fingerprint density at radius 1 is 0.973 bits per heavy atom. The Kier molecular flexibility index (Phi) is 5.57. The predicted molar refractivity (Wildman–Crippen MR) is 142 cm³/mol. The Hall–Kier alpha value is -5.05. The minimum atomic E-state index is -0.100. The lowest BCUT2D eigenvalue weighted by Crippen LogP contribution is -2.16. The standard InChI is InChI=1S/C28H24N8O/c1-18-15-36(17-31-18)28-23-14-24(33-27(23)29-16-30-28)20-8-10-21(11-9-20)32-26(37)13-22-12-25(34-35(22)2)19-6-4-3-5-7-19/h3-12,14-17H,13H2,1-2H3,(H,32,37)(H,29,30,33). The summed E-state index contributed by atoms with van der Waals surface area (Å²) in [6.07, 6.45) is 5.45. The van der Waals surface area contributed by atoms with Crippen LogP contribution < -0.4 is 5.32 Å². The normalized spacial score (nSPS) is 11.2. The van der Waals surface area contributed by atoms with E-state index in [1.165, 1.54) is 6.33 Å². The minimum Gasteiger partial charge on any atom is -0.339 e. The lowest BCUT2D eigenvalue weighted by Gasteiger charge is -2.06. The number of aromatic nitrogens is 7. The molecule has 37 heavy (non-hydrogen) atoms. The molecule has 9 nitrogen and oxygen atoms in total. The number of nitrogens with one attached hydrogen (secondary N) is 2. The number of fused-ring (bicyclic) bond motifs is 1. The fraction of sp³-hybridized carbons (Fsp3) is 0.107. The molecule has 0 saturated carbocycles. The maximum atomic E-state index is 12.7. The van der Waals surface area contributed by atoms with Crippen molar-refractivity contribution in [2.75, 3.05) is 5.32 Å². The van der Waals surface area contributed by atoms with Gasteiger partial charge in [-0.15, -0.1) is 0 Å². The number of anilines is 1. The second-order valence-corrected chi connectivity index (χ2v) is 8.88. The molecule has 6 rings (SSSR count). The molecule has 0 bridgehead atoms. The first-order valence-electron chi connectivity index (χ1n) is 11.9. The molecule has 0 saturated heterocycles. The van der Waals surface area contributed by atoms with Crippen molar-refractivity contribution in [3.63, 3.8) is 0 Å². The maximum Gasteiger partial charge on any atom is 0.230 e. The van der Waals surface area contributed by atoms with Gasteiger partial charge in [-0.2, -0.15) is 5.10 Å². The third-order valence-corrected chi connectivity index (χ3v) is 6.23. The minimum absolute atomic E-state index is 0.100. The third kappa shape index (κ3) is 4.50. The van der Waals surface area contributed by atoms with Crippen LogP contribution in [0, 0.1) is 6.92 Å². The van der Waals surface area contributed by atoms with Crippen molar-refractivity contribution < 1.29 is 4.79 Å². The van der Waals surface area contributed by atoms with Crippen LogP contribution in [0.1, 0.15) is 11.4 Å². The summed E-state index contributed by atoms with van der Waals surface area (Å²) in [5.74, 6) is 0.666. The number of carbonyl (C=O) groups excluding carboxylic acids is 1. The van der Waals surface area contributed by atoms with E-state index in [-0.39, 0.29) is 12.3 Å². The van der Waals surface area contributed by atoms with E-state index in [4.69, 9.17) is 0 Å². The highest BCUT2D eigenvalue weighted by atomic mass is 16.1. The van der Waals surface area contributed by atoms with Crippen LogP contribution in [-0.2, 0) is 18.3 Å². The largest absolute Gasteiger partial charge is 0.339 e. The summed E-state index contributed by atoms with van der Waals surface area (Å²) in [5.41, 5.74) is 6.99. The molecule has 0 aliphatic carbocycles. The molecule has 182 valence electrons. The number of H-pyrrole nitrogens is 1. The van der Waals surface area contributed by atoms with Gasteiger partial charge < -0.3 is 10.3 Å². The second-order valence-electron chi connectivity index (χ2n) is 8.88. The van der Waals surface area contributed by atoms with E-state index >= 15 is 0 Å². The van der Waals surface area contributed by atoms with Crippen LogP contribution in [0.15, 0.2) is 85.6 Å². The smallest absolute Gasteiger partial charge is 0.230 e. The highest BCUT2D eigenvalue weighted by molar-refractivity contribution is 5.93. The van der Waals surface area contributed by atoms with Gasteiger partial charge in [-0.05, 0) is 36.8 Å². The average molecular weight is 489 g/mol. The van der Waals surface area contributed by atoms with Gasteiger partial charge in [-0.1, -0.05) is 42.5 Å². The van der Waals surface area contributed by atoms with Crippen molar-refractivity contribution in [3.8, 4) is 28.3 Å². The Balaban J connectivity index is 1.17. The zero-order valence-corrected chi connectivity index (χ0v) is 20.4. The molecule has 0 spiro atoms. The molecule has 0 aliphatic rings. The van der Waals surface area contributed by atoms with Crippen molar-refractivity contribution >= 4 is 22.6 Å². The number of aromatic amines is 1. The SMILES string of the molecule is Cc1cn(-c2ncnc3[nH]c(-c4ccc(NC(=O)Cc5cc(-c6ccccc6)nn5C)cc4)cc23)cn1. The van der Waals surface area contributed by atoms with Crippen LogP contribution in [0.2, 0.25) is 0 Å². The molecule has 4 aromatic heterocycles. The molecular formula is C28H24N8O. The molecule has 0 atom stereocenters. The molecule has 2 N–H and O–H groups in total. The first kappa shape index (κ1) is 22.4. The van der Waals surface area contributed by atoms with Crippen molar-refractivity contribution in [2.24, 2.45) is 7.05 Å². The van der Waals surface area contributed by atoms with Gasteiger partial charge >= 0.3 is 0 Å². The Morgan fingerprint density at radius 3 is 2.54 bits per heavy atom. The summed E-state index contributed by atoms with van der Waals surface area (Å²) in [6, 6.07) is 21.6. The number of imidazole rings is 1. The molecule has 1 amide bonds. The zero-order chi connectivity index (χ0) is 25.4. The quantitative estimate of drug-likeness (QED) is 0.353. The van der Waals surface area contributed by atoms with Gasteiger partial charge in [-0.25, -0.2) is 15.0 Å². The van der Waals surface area contributed by atoms with Crippen LogP contribution in [-0.4, -0.2) is 40.2 Å². The number of benzene rings is 2. The summed E-state index contributed by atoms with van der Waals surface area (Å²) < 4.78 is 3.64. The lowest BCUT2D eigenvalue weighted by atomic mass is 10.1. The van der Waals surface area contributed by atoms with E-state index in [2.05, 4.69) is 30.4 Å². The second kappa shape index (κ2) is 9.19. The summed E-state index contributed by atoms with van der Waals surface area (Å²) >= 11 is 0. The van der Waals surface area contributed by atoms with Gasteiger partial charge in [0.05, 0.1) is 23.2 Å². The number of carbonyl (C=O) groups is 1. The molecule has 0 aliphatic heterocycles. The van der Waals surface area contributed by atoms with E-state index in [9.17, 15) is 4.79 Å². The monoisotopic (exact) mass is 488 g/mol. The van der Waals surface area contributed by atoms with E-state index in [1.54, 1.807) is 11.0 Å². The average Bonchev–Trinajstić information content (AvgIpc) is 3.63. The summed E-state index contributed by atoms with van der Waals surface area (Å²) in [5, 5.41) is 8.43. The molecule has 0 fully saturated rings. The fourth-order valence-corrected chi connectivity index (χ4v) is 4.35. The Bertz CT molecular complexity index is 1710. The van der Waals surface area contributed by atoms with Crippen LogP contribution in [0.25, 0.3) is 39.4 Å². The van der Waals surface area contributed by atoms with Crippen molar-refractivity contribution in [3.05, 3.63) is 97.0 Å². The number of rotatable bonds is 6. The van der Waals surface area contributed by atoms with Crippen LogP contribution in [0.4, 0.5) is 5.69 Å². The van der Waals surface area contributed by atoms with Gasteiger partial charge in [0, 0.05) is 35.9 Å². The Morgan fingerprint density at radius 2 is 1.78 bits per heavy atom. The molecule has 9 heteroatoms. The van der Waals surface area contributed by atoms with Crippen molar-refractivity contribution in [2.45, 2.75) is 13.3 Å². The maximum absolute atomic E-state index is 12.7. The fourth-order valence-electron chi connectivity index (χ4n) is 4.35. The van der Waals surface area contributed by atoms with Crippen LogP contribution in [0.5, 0.6) is 0 Å². The molecular weight excluding hydrogens is 464 g/mol. The molecule has 0 radical (unpaired) electrons. The topological polar surface area (TPSA) is 106 Å². The molecule has 6 aromatic rings. The molecule has 4 heterocycles. The van der Waals surface area contributed by atoms with Crippen LogP contribution >= 0.6 is 0 Å². The van der Waals surface area contributed by atoms with E-state index in [0.717, 1.165) is 56.4 Å². The number of amides is 1. The highest BCUT2D eigenvalue weighted by Crippen LogP contribution is 2.27. The van der Waals surface area contributed by atoms with Gasteiger partial charge in [0.15, 0.2) is 5.82 Å². The number of aryl methyl sites for hydroxylation is 2. The van der Waals surface area contributed by atoms with E-state index in [0.29, 0.717) is 0 Å². The van der Waals surface area contributed by atoms with Gasteiger partial charge in [0.2, 0.25) is 5.91 Å².